The number of H-pyrrole nitrogens is 1. The molecule has 1 aromatic rings. The molecule has 0 aliphatic heterocycles. The molecular formula is C14H19N3O3. The summed E-state index contributed by atoms with van der Waals surface area (Å²) < 4.78 is 0. The van der Waals surface area contributed by atoms with Crippen LogP contribution in [-0.2, 0) is 0 Å². The molecule has 1 aliphatic rings. The van der Waals surface area contributed by atoms with Gasteiger partial charge >= 0.3 is 0 Å². The number of aliphatic hydroxyl groups excluding tert-OH is 1. The van der Waals surface area contributed by atoms with E-state index >= 15 is 0 Å². The van der Waals surface area contributed by atoms with Crippen molar-refractivity contribution in [2.75, 3.05) is 19.7 Å². The lowest BCUT2D eigenvalue weighted by atomic mass is 10.2. The van der Waals surface area contributed by atoms with Crippen molar-refractivity contribution in [2.24, 2.45) is 0 Å². The van der Waals surface area contributed by atoms with E-state index in [2.05, 4.69) is 16.5 Å². The third-order valence-electron chi connectivity index (χ3n) is 3.30. The zero-order chi connectivity index (χ0) is 14.7. The molecule has 6 heteroatoms. The molecule has 1 heterocycles. The molecule has 1 aliphatic carbocycles. The van der Waals surface area contributed by atoms with E-state index in [1.165, 1.54) is 4.90 Å². The highest BCUT2D eigenvalue weighted by atomic mass is 16.3. The first kappa shape index (κ1) is 14.5. The number of rotatable bonds is 6. The smallest absolute Gasteiger partial charge is 0.264 e. The maximum Gasteiger partial charge on any atom is 0.264 e. The van der Waals surface area contributed by atoms with Crippen LogP contribution in [0.5, 0.6) is 0 Å². The Morgan fingerprint density at radius 3 is 2.80 bits per heavy atom. The molecule has 20 heavy (non-hydrogen) atoms. The molecule has 108 valence electrons. The SMILES string of the molecule is C=CCN(CCO)C(=O)c1c(C)nc(C2CC2)[nH]c1=O. The van der Waals surface area contributed by atoms with Crippen LogP contribution in [0.4, 0.5) is 0 Å². The second-order valence-corrected chi connectivity index (χ2v) is 4.95. The van der Waals surface area contributed by atoms with E-state index in [0.717, 1.165) is 12.8 Å². The molecule has 2 N–H and O–H groups in total. The zero-order valence-electron chi connectivity index (χ0n) is 11.6. The average Bonchev–Trinajstić information content (AvgIpc) is 3.21. The van der Waals surface area contributed by atoms with Crippen molar-refractivity contribution in [3.8, 4) is 0 Å². The van der Waals surface area contributed by atoms with E-state index in [1.807, 2.05) is 0 Å². The normalized spacial score (nSPS) is 14.1. The number of aromatic nitrogens is 2. The Morgan fingerprint density at radius 2 is 2.30 bits per heavy atom. The maximum atomic E-state index is 12.4. The minimum absolute atomic E-state index is 0.0460. The third-order valence-corrected chi connectivity index (χ3v) is 3.30. The summed E-state index contributed by atoms with van der Waals surface area (Å²) in [5, 5.41) is 8.99. The van der Waals surface area contributed by atoms with Gasteiger partial charge in [-0.25, -0.2) is 4.98 Å². The Hall–Kier alpha value is -1.95. The number of hydrogen-bond acceptors (Lipinski definition) is 4. The second kappa shape index (κ2) is 6.00. The van der Waals surface area contributed by atoms with E-state index in [0.29, 0.717) is 17.4 Å². The predicted molar refractivity (Wildman–Crippen MR) is 74.8 cm³/mol. The molecule has 1 saturated carbocycles. The first-order chi connectivity index (χ1) is 9.58. The van der Waals surface area contributed by atoms with Gasteiger partial charge in [-0.15, -0.1) is 6.58 Å². The standard InChI is InChI=1S/C14H19N3O3/c1-3-6-17(7-8-18)14(20)11-9(2)15-12(10-4-5-10)16-13(11)19/h3,10,18H,1,4-8H2,2H3,(H,15,16,19). The number of hydrogen-bond donors (Lipinski definition) is 2. The van der Waals surface area contributed by atoms with Gasteiger partial charge in [-0.3, -0.25) is 9.59 Å². The number of nitrogens with one attached hydrogen (secondary N) is 1. The fourth-order valence-corrected chi connectivity index (χ4v) is 2.12. The molecule has 0 bridgehead atoms. The van der Waals surface area contributed by atoms with Crippen LogP contribution in [0, 0.1) is 6.92 Å². The lowest BCUT2D eigenvalue weighted by Gasteiger charge is -2.20. The van der Waals surface area contributed by atoms with Crippen molar-refractivity contribution in [1.82, 2.24) is 14.9 Å². The molecule has 0 unspecified atom stereocenters. The first-order valence-electron chi connectivity index (χ1n) is 6.70. The van der Waals surface area contributed by atoms with Crippen LogP contribution in [0.2, 0.25) is 0 Å². The minimum atomic E-state index is -0.424. The minimum Gasteiger partial charge on any atom is -0.395 e. The highest BCUT2D eigenvalue weighted by molar-refractivity contribution is 5.95. The fourth-order valence-electron chi connectivity index (χ4n) is 2.12. The van der Waals surface area contributed by atoms with Crippen molar-refractivity contribution >= 4 is 5.91 Å². The van der Waals surface area contributed by atoms with Crippen LogP contribution in [0.15, 0.2) is 17.4 Å². The van der Waals surface area contributed by atoms with Crippen LogP contribution in [0.25, 0.3) is 0 Å². The molecule has 1 amide bonds. The fraction of sp³-hybridized carbons (Fsp3) is 0.500. The van der Waals surface area contributed by atoms with Gasteiger partial charge in [-0.1, -0.05) is 6.08 Å². The Bertz CT molecular complexity index is 576. The Kier molecular flexibility index (Phi) is 4.34. The summed E-state index contributed by atoms with van der Waals surface area (Å²) in [6.45, 7) is 5.52. The summed E-state index contributed by atoms with van der Waals surface area (Å²) in [6, 6.07) is 0. The maximum absolute atomic E-state index is 12.4. The third kappa shape index (κ3) is 2.96. The molecule has 2 rings (SSSR count). The predicted octanol–water partition coefficient (Wildman–Crippen LogP) is 0.576. The Labute approximate surface area is 117 Å². The van der Waals surface area contributed by atoms with Crippen LogP contribution in [0.3, 0.4) is 0 Å². The molecular weight excluding hydrogens is 258 g/mol. The largest absolute Gasteiger partial charge is 0.395 e. The van der Waals surface area contributed by atoms with Gasteiger partial charge in [-0.2, -0.15) is 0 Å². The number of aryl methyl sites for hydroxylation is 1. The van der Waals surface area contributed by atoms with Gasteiger partial charge in [0.15, 0.2) is 0 Å². The number of aliphatic hydroxyl groups is 1. The van der Waals surface area contributed by atoms with Crippen LogP contribution in [-0.4, -0.2) is 45.6 Å². The van der Waals surface area contributed by atoms with Gasteiger partial charge in [0, 0.05) is 19.0 Å². The summed E-state index contributed by atoms with van der Waals surface area (Å²) in [7, 11) is 0. The number of nitrogens with zero attached hydrogens (tertiary/aromatic N) is 2. The van der Waals surface area contributed by atoms with Crippen molar-refractivity contribution in [2.45, 2.75) is 25.7 Å². The number of amides is 1. The summed E-state index contributed by atoms with van der Waals surface area (Å²) >= 11 is 0. The van der Waals surface area contributed by atoms with Crippen molar-refractivity contribution in [3.05, 3.63) is 40.1 Å². The van der Waals surface area contributed by atoms with Crippen molar-refractivity contribution in [3.63, 3.8) is 0 Å². The van der Waals surface area contributed by atoms with Crippen LogP contribution >= 0.6 is 0 Å². The lowest BCUT2D eigenvalue weighted by molar-refractivity contribution is 0.0739. The van der Waals surface area contributed by atoms with E-state index in [9.17, 15) is 9.59 Å². The lowest BCUT2D eigenvalue weighted by Crippen LogP contribution is -2.38. The molecule has 0 saturated heterocycles. The molecule has 6 nitrogen and oxygen atoms in total. The van der Waals surface area contributed by atoms with Crippen molar-refractivity contribution in [1.29, 1.82) is 0 Å². The summed E-state index contributed by atoms with van der Waals surface area (Å²) in [4.78, 5) is 32.9. The highest BCUT2D eigenvalue weighted by Crippen LogP contribution is 2.37. The number of carbonyl (C=O) groups excluding carboxylic acids is 1. The van der Waals surface area contributed by atoms with E-state index < -0.39 is 11.5 Å². The van der Waals surface area contributed by atoms with Gasteiger partial charge in [0.1, 0.15) is 11.4 Å². The van der Waals surface area contributed by atoms with Crippen LogP contribution < -0.4 is 5.56 Å². The summed E-state index contributed by atoms with van der Waals surface area (Å²) in [6.07, 6.45) is 3.62. The first-order valence-corrected chi connectivity index (χ1v) is 6.70. The highest BCUT2D eigenvalue weighted by Gasteiger charge is 2.28. The van der Waals surface area contributed by atoms with Gasteiger partial charge in [0.05, 0.1) is 12.3 Å². The Morgan fingerprint density at radius 1 is 1.60 bits per heavy atom. The van der Waals surface area contributed by atoms with E-state index in [1.54, 1.807) is 13.0 Å². The van der Waals surface area contributed by atoms with Gasteiger partial charge in [0.25, 0.3) is 11.5 Å². The van der Waals surface area contributed by atoms with Crippen molar-refractivity contribution < 1.29 is 9.90 Å². The molecule has 0 aromatic carbocycles. The Balaban J connectivity index is 2.33. The average molecular weight is 277 g/mol. The summed E-state index contributed by atoms with van der Waals surface area (Å²) in [5.74, 6) is 0.571. The van der Waals surface area contributed by atoms with Gasteiger partial charge < -0.3 is 15.0 Å². The molecule has 0 spiro atoms. The molecule has 0 radical (unpaired) electrons. The molecule has 1 fully saturated rings. The zero-order valence-corrected chi connectivity index (χ0v) is 11.6. The van der Waals surface area contributed by atoms with Crippen LogP contribution in [0.1, 0.15) is 40.6 Å². The quantitative estimate of drug-likeness (QED) is 0.745. The summed E-state index contributed by atoms with van der Waals surface area (Å²) in [5.41, 5.74) is 0.0776. The topological polar surface area (TPSA) is 86.3 Å². The van der Waals surface area contributed by atoms with E-state index in [4.69, 9.17) is 5.11 Å². The molecule has 0 atom stereocenters. The van der Waals surface area contributed by atoms with E-state index in [-0.39, 0.29) is 25.3 Å². The number of aromatic amines is 1. The monoisotopic (exact) mass is 277 g/mol. The van der Waals surface area contributed by atoms with Gasteiger partial charge in [-0.05, 0) is 19.8 Å². The van der Waals surface area contributed by atoms with Gasteiger partial charge in [0.2, 0.25) is 0 Å². The molecule has 1 aromatic heterocycles. The second-order valence-electron chi connectivity index (χ2n) is 4.95. The number of carbonyl (C=O) groups is 1.